The number of nitrogens with one attached hydrogen (secondary N) is 1. The molecule has 1 N–H and O–H groups in total. The predicted molar refractivity (Wildman–Crippen MR) is 102 cm³/mol. The van der Waals surface area contributed by atoms with Gasteiger partial charge in [-0.1, -0.05) is 80.2 Å². The van der Waals surface area contributed by atoms with Crippen LogP contribution in [0.3, 0.4) is 0 Å². The second-order valence-corrected chi connectivity index (χ2v) is 8.03. The van der Waals surface area contributed by atoms with Crippen LogP contribution in [0.5, 0.6) is 0 Å². The average molecular weight is 310 g/mol. The Morgan fingerprint density at radius 3 is 2.14 bits per heavy atom. The van der Waals surface area contributed by atoms with E-state index in [1.807, 2.05) is 0 Å². The quantitative estimate of drug-likeness (QED) is 0.343. The molecule has 1 unspecified atom stereocenters. The zero-order valence-corrected chi connectivity index (χ0v) is 16.4. The molecule has 0 fully saturated rings. The molecule has 0 aliphatic carbocycles. The van der Waals surface area contributed by atoms with Crippen molar-refractivity contribution >= 4 is 0 Å². The van der Waals surface area contributed by atoms with E-state index in [2.05, 4.69) is 53.4 Å². The van der Waals surface area contributed by atoms with Gasteiger partial charge in [0.2, 0.25) is 0 Å². The van der Waals surface area contributed by atoms with Crippen LogP contribution in [0.15, 0.2) is 12.3 Å². The fraction of sp³-hybridized carbons (Fsp3) is 0.905. The lowest BCUT2D eigenvalue weighted by Gasteiger charge is -2.37. The van der Waals surface area contributed by atoms with Crippen LogP contribution in [-0.4, -0.2) is 6.54 Å². The minimum absolute atomic E-state index is 0.507. The van der Waals surface area contributed by atoms with E-state index >= 15 is 0 Å². The van der Waals surface area contributed by atoms with Gasteiger partial charge in [0.1, 0.15) is 0 Å². The van der Waals surface area contributed by atoms with Crippen LogP contribution in [0.1, 0.15) is 99.3 Å². The molecule has 0 aromatic heterocycles. The Kier molecular flexibility index (Phi) is 11.8. The summed E-state index contributed by atoms with van der Waals surface area (Å²) >= 11 is 0. The lowest BCUT2D eigenvalue weighted by molar-refractivity contribution is 0.128. The number of hydrogen-bond acceptors (Lipinski definition) is 1. The van der Waals surface area contributed by atoms with Crippen LogP contribution in [0, 0.1) is 17.3 Å². The van der Waals surface area contributed by atoms with Crippen molar-refractivity contribution in [2.24, 2.45) is 17.3 Å². The highest BCUT2D eigenvalue weighted by Crippen LogP contribution is 2.40. The van der Waals surface area contributed by atoms with Crippen LogP contribution in [0.2, 0.25) is 0 Å². The number of allylic oxidation sites excluding steroid dienone is 1. The van der Waals surface area contributed by atoms with Crippen LogP contribution in [0.25, 0.3) is 0 Å². The molecule has 0 spiro atoms. The molecule has 0 amide bonds. The molecular weight excluding hydrogens is 266 g/mol. The summed E-state index contributed by atoms with van der Waals surface area (Å²) in [7, 11) is 0. The molecule has 1 nitrogen and oxygen atoms in total. The van der Waals surface area contributed by atoms with E-state index in [-0.39, 0.29) is 0 Å². The molecule has 22 heavy (non-hydrogen) atoms. The summed E-state index contributed by atoms with van der Waals surface area (Å²) in [6, 6.07) is 0. The molecular formula is C21H43N. The zero-order chi connectivity index (χ0) is 17.0. The minimum Gasteiger partial charge on any atom is -0.389 e. The van der Waals surface area contributed by atoms with Gasteiger partial charge in [0, 0.05) is 12.2 Å². The van der Waals surface area contributed by atoms with Crippen LogP contribution < -0.4 is 5.32 Å². The number of rotatable bonds is 14. The van der Waals surface area contributed by atoms with E-state index in [9.17, 15) is 0 Å². The van der Waals surface area contributed by atoms with E-state index in [1.165, 1.54) is 57.1 Å². The van der Waals surface area contributed by atoms with Gasteiger partial charge in [0.05, 0.1) is 0 Å². The second-order valence-electron chi connectivity index (χ2n) is 8.03. The summed E-state index contributed by atoms with van der Waals surface area (Å²) in [6.07, 6.45) is 12.0. The summed E-state index contributed by atoms with van der Waals surface area (Å²) in [5.41, 5.74) is 1.69. The summed E-state index contributed by atoms with van der Waals surface area (Å²) in [5, 5.41) is 3.40. The standard InChI is InChI=1S/C21H43N/c1-8-16-21(6,7)20(18(3)4)15-13-11-10-12-14-17-22-19(5)9-2/h18,20,22H,5,8-17H2,1-4,6-7H3. The first kappa shape index (κ1) is 21.5. The maximum Gasteiger partial charge on any atom is 0.0143 e. The van der Waals surface area contributed by atoms with E-state index < -0.39 is 0 Å². The molecule has 0 aliphatic rings. The summed E-state index contributed by atoms with van der Waals surface area (Å²) in [4.78, 5) is 0. The SMILES string of the molecule is C=C(CC)NCCCCCCCC(C(C)C)C(C)(C)CCC. The van der Waals surface area contributed by atoms with Crippen molar-refractivity contribution in [2.75, 3.05) is 6.54 Å². The van der Waals surface area contributed by atoms with E-state index in [0.717, 1.165) is 24.8 Å². The third-order valence-corrected chi connectivity index (χ3v) is 5.20. The predicted octanol–water partition coefficient (Wildman–Crippen LogP) is 6.94. The molecule has 0 aromatic carbocycles. The van der Waals surface area contributed by atoms with Gasteiger partial charge in [-0.3, -0.25) is 0 Å². The highest BCUT2D eigenvalue weighted by atomic mass is 14.9. The fourth-order valence-electron chi connectivity index (χ4n) is 3.87. The van der Waals surface area contributed by atoms with Crippen LogP contribution in [0.4, 0.5) is 0 Å². The van der Waals surface area contributed by atoms with Gasteiger partial charge in [0.15, 0.2) is 0 Å². The smallest absolute Gasteiger partial charge is 0.0143 e. The molecule has 0 rings (SSSR count). The first-order chi connectivity index (χ1) is 10.3. The van der Waals surface area contributed by atoms with Crippen molar-refractivity contribution in [3.05, 3.63) is 12.3 Å². The molecule has 0 saturated carbocycles. The van der Waals surface area contributed by atoms with Gasteiger partial charge in [-0.2, -0.15) is 0 Å². The van der Waals surface area contributed by atoms with E-state index in [1.54, 1.807) is 0 Å². The third kappa shape index (κ3) is 9.54. The topological polar surface area (TPSA) is 12.0 Å². The molecule has 0 bridgehead atoms. The van der Waals surface area contributed by atoms with Gasteiger partial charge in [0.25, 0.3) is 0 Å². The Hall–Kier alpha value is -0.460. The first-order valence-electron chi connectivity index (χ1n) is 9.76. The highest BCUT2D eigenvalue weighted by molar-refractivity contribution is 4.88. The largest absolute Gasteiger partial charge is 0.389 e. The second kappa shape index (κ2) is 12.0. The van der Waals surface area contributed by atoms with E-state index in [4.69, 9.17) is 0 Å². The molecule has 0 heterocycles. The fourth-order valence-corrected chi connectivity index (χ4v) is 3.87. The Morgan fingerprint density at radius 2 is 1.59 bits per heavy atom. The monoisotopic (exact) mass is 309 g/mol. The summed E-state index contributed by atoms with van der Waals surface area (Å²) in [5.74, 6) is 1.69. The number of hydrogen-bond donors (Lipinski definition) is 1. The molecule has 1 atom stereocenters. The maximum atomic E-state index is 3.98. The first-order valence-corrected chi connectivity index (χ1v) is 9.76. The van der Waals surface area contributed by atoms with Crippen molar-refractivity contribution in [3.8, 4) is 0 Å². The highest BCUT2D eigenvalue weighted by Gasteiger charge is 2.30. The average Bonchev–Trinajstić information content (AvgIpc) is 2.44. The van der Waals surface area contributed by atoms with Crippen molar-refractivity contribution in [1.82, 2.24) is 5.32 Å². The molecule has 0 saturated heterocycles. The molecule has 132 valence electrons. The number of unbranched alkanes of at least 4 members (excludes halogenated alkanes) is 4. The summed E-state index contributed by atoms with van der Waals surface area (Å²) < 4.78 is 0. The third-order valence-electron chi connectivity index (χ3n) is 5.20. The molecule has 0 radical (unpaired) electrons. The zero-order valence-electron chi connectivity index (χ0n) is 16.4. The van der Waals surface area contributed by atoms with Gasteiger partial charge in [-0.05, 0) is 42.9 Å². The van der Waals surface area contributed by atoms with Crippen molar-refractivity contribution in [1.29, 1.82) is 0 Å². The normalized spacial score (nSPS) is 13.4. The maximum absolute atomic E-state index is 3.98. The van der Waals surface area contributed by atoms with Crippen molar-refractivity contribution in [3.63, 3.8) is 0 Å². The van der Waals surface area contributed by atoms with Gasteiger partial charge < -0.3 is 5.32 Å². The Labute approximate surface area is 141 Å². The lowest BCUT2D eigenvalue weighted by Crippen LogP contribution is -2.28. The van der Waals surface area contributed by atoms with Crippen LogP contribution in [-0.2, 0) is 0 Å². The Morgan fingerprint density at radius 1 is 1.00 bits per heavy atom. The Bertz CT molecular complexity index is 278. The van der Waals surface area contributed by atoms with Crippen molar-refractivity contribution in [2.45, 2.75) is 99.3 Å². The Balaban J connectivity index is 3.80. The lowest BCUT2D eigenvalue weighted by atomic mass is 9.68. The summed E-state index contributed by atoms with van der Waals surface area (Å²) in [6.45, 7) is 19.3. The van der Waals surface area contributed by atoms with Gasteiger partial charge >= 0.3 is 0 Å². The van der Waals surface area contributed by atoms with Gasteiger partial charge in [-0.25, -0.2) is 0 Å². The van der Waals surface area contributed by atoms with E-state index in [0.29, 0.717) is 5.41 Å². The minimum atomic E-state index is 0.507. The van der Waals surface area contributed by atoms with Crippen molar-refractivity contribution < 1.29 is 0 Å². The van der Waals surface area contributed by atoms with Gasteiger partial charge in [-0.15, -0.1) is 0 Å². The molecule has 1 heteroatoms. The molecule has 0 aromatic rings. The van der Waals surface area contributed by atoms with Crippen LogP contribution >= 0.6 is 0 Å². The molecule has 0 aliphatic heterocycles.